The Balaban J connectivity index is 1.60. The van der Waals surface area contributed by atoms with Gasteiger partial charge in [0, 0.05) is 17.0 Å². The molecule has 0 amide bonds. The van der Waals surface area contributed by atoms with Crippen LogP contribution < -0.4 is 0 Å². The second kappa shape index (κ2) is 7.95. The van der Waals surface area contributed by atoms with E-state index in [4.69, 9.17) is 9.79 Å². The Hall–Kier alpha value is -3.10. The van der Waals surface area contributed by atoms with E-state index in [1.807, 2.05) is 6.07 Å². The van der Waals surface area contributed by atoms with E-state index in [-0.39, 0.29) is 19.3 Å². The molecule has 3 fully saturated rings. The molecule has 3 aliphatic rings. The predicted octanol–water partition coefficient (Wildman–Crippen LogP) is 4.19. The molecule has 36 heavy (non-hydrogen) atoms. The largest absolute Gasteiger partial charge is 0.470 e. The minimum absolute atomic E-state index is 0.0641. The average molecular weight is 522 g/mol. The number of phosphoric acid groups is 1. The SMILES string of the molecule is N#Cc1ccc(C23CC(C(F)(F)[C@@](Cn4cncn4)(OP(=O)(O)O)c4ccc(F)cc4F)(C2)C3)cc1. The molecule has 0 saturated heterocycles. The molecule has 6 rings (SSSR count). The van der Waals surface area contributed by atoms with Gasteiger partial charge >= 0.3 is 7.82 Å². The van der Waals surface area contributed by atoms with Crippen molar-refractivity contribution >= 4 is 7.82 Å². The Morgan fingerprint density at radius 2 is 1.81 bits per heavy atom. The van der Waals surface area contributed by atoms with Crippen molar-refractivity contribution in [1.29, 1.82) is 5.26 Å². The smallest absolute Gasteiger partial charge is 0.303 e. The van der Waals surface area contributed by atoms with Crippen molar-refractivity contribution in [3.05, 3.63) is 83.4 Å². The summed E-state index contributed by atoms with van der Waals surface area (Å²) in [5, 5.41) is 12.8. The first-order valence-corrected chi connectivity index (χ1v) is 12.3. The second-order valence-electron chi connectivity index (χ2n) is 9.48. The van der Waals surface area contributed by atoms with E-state index in [2.05, 4.69) is 10.1 Å². The first-order chi connectivity index (χ1) is 16.9. The van der Waals surface area contributed by atoms with E-state index in [0.29, 0.717) is 23.8 Å². The molecular formula is C23H19F4N4O4P. The van der Waals surface area contributed by atoms with Crippen LogP contribution in [0.3, 0.4) is 0 Å². The van der Waals surface area contributed by atoms with Crippen LogP contribution in [0.2, 0.25) is 0 Å². The molecule has 2 aromatic carbocycles. The lowest BCUT2D eigenvalue weighted by Gasteiger charge is -2.74. The number of hydrogen-bond donors (Lipinski definition) is 2. The lowest BCUT2D eigenvalue weighted by molar-refractivity contribution is -0.343. The molecule has 3 aliphatic carbocycles. The van der Waals surface area contributed by atoms with Gasteiger partial charge in [0.25, 0.3) is 5.92 Å². The Labute approximate surface area is 202 Å². The van der Waals surface area contributed by atoms with Crippen molar-refractivity contribution < 1.29 is 36.4 Å². The maximum atomic E-state index is 16.7. The number of phosphoric ester groups is 1. The molecule has 3 saturated carbocycles. The summed E-state index contributed by atoms with van der Waals surface area (Å²) < 4.78 is 79.8. The van der Waals surface area contributed by atoms with E-state index < -0.39 is 53.9 Å². The lowest BCUT2D eigenvalue weighted by atomic mass is 9.30. The van der Waals surface area contributed by atoms with Crippen LogP contribution in [0.1, 0.15) is 36.0 Å². The molecule has 3 aromatic rings. The minimum Gasteiger partial charge on any atom is -0.303 e. The monoisotopic (exact) mass is 522 g/mol. The maximum absolute atomic E-state index is 16.7. The fourth-order valence-corrected chi connectivity index (χ4v) is 6.48. The summed E-state index contributed by atoms with van der Waals surface area (Å²) in [4.78, 5) is 23.0. The topological polar surface area (TPSA) is 121 Å². The van der Waals surface area contributed by atoms with E-state index in [1.165, 1.54) is 0 Å². The number of hydrogen-bond acceptors (Lipinski definition) is 5. The van der Waals surface area contributed by atoms with Gasteiger partial charge in [0.2, 0.25) is 0 Å². The fourth-order valence-electron chi connectivity index (χ4n) is 5.81. The highest BCUT2D eigenvalue weighted by Gasteiger charge is 2.83. The van der Waals surface area contributed by atoms with E-state index in [0.717, 1.165) is 22.9 Å². The van der Waals surface area contributed by atoms with Crippen LogP contribution in [0.4, 0.5) is 17.6 Å². The van der Waals surface area contributed by atoms with Crippen LogP contribution in [0.15, 0.2) is 55.1 Å². The number of nitrogens with zero attached hydrogens (tertiary/aromatic N) is 4. The van der Waals surface area contributed by atoms with E-state index in [9.17, 15) is 18.7 Å². The highest BCUT2D eigenvalue weighted by Crippen LogP contribution is 2.81. The van der Waals surface area contributed by atoms with E-state index >= 15 is 13.2 Å². The molecule has 1 aromatic heterocycles. The van der Waals surface area contributed by atoms with Gasteiger partial charge in [0.05, 0.1) is 18.2 Å². The molecule has 0 radical (unpaired) electrons. The van der Waals surface area contributed by atoms with Crippen LogP contribution in [0.5, 0.6) is 0 Å². The van der Waals surface area contributed by atoms with Crippen molar-refractivity contribution in [2.24, 2.45) is 5.41 Å². The highest BCUT2D eigenvalue weighted by molar-refractivity contribution is 7.46. The van der Waals surface area contributed by atoms with Crippen molar-refractivity contribution in [1.82, 2.24) is 14.8 Å². The number of halogens is 4. The first kappa shape index (κ1) is 24.6. The van der Waals surface area contributed by atoms with Crippen molar-refractivity contribution in [2.75, 3.05) is 0 Å². The molecular weight excluding hydrogens is 503 g/mol. The quantitative estimate of drug-likeness (QED) is 0.336. The summed E-state index contributed by atoms with van der Waals surface area (Å²) in [6, 6.07) is 10.3. The van der Waals surface area contributed by atoms with Gasteiger partial charge in [-0.25, -0.2) is 31.8 Å². The Morgan fingerprint density at radius 1 is 1.14 bits per heavy atom. The zero-order valence-corrected chi connectivity index (χ0v) is 19.4. The molecule has 188 valence electrons. The molecule has 1 atom stereocenters. The maximum Gasteiger partial charge on any atom is 0.470 e. The summed E-state index contributed by atoms with van der Waals surface area (Å²) in [6.45, 7) is -1.00. The lowest BCUT2D eigenvalue weighted by Crippen LogP contribution is -2.76. The predicted molar refractivity (Wildman–Crippen MR) is 115 cm³/mol. The van der Waals surface area contributed by atoms with Crippen molar-refractivity contribution in [2.45, 2.75) is 42.7 Å². The number of nitriles is 1. The normalized spacial score (nSPS) is 24.8. The third-order valence-corrected chi connectivity index (χ3v) is 7.87. The molecule has 2 bridgehead atoms. The number of aromatic nitrogens is 3. The van der Waals surface area contributed by atoms with Gasteiger partial charge < -0.3 is 9.79 Å². The molecule has 0 unspecified atom stereocenters. The molecule has 2 N–H and O–H groups in total. The third-order valence-electron chi connectivity index (χ3n) is 7.32. The van der Waals surface area contributed by atoms with Crippen LogP contribution >= 0.6 is 7.82 Å². The first-order valence-electron chi connectivity index (χ1n) is 10.8. The van der Waals surface area contributed by atoms with Crippen LogP contribution in [0, 0.1) is 28.4 Å². The standard InChI is InChI=1S/C23H19F4N4O4P/c24-17-5-6-18(19(25)7-17)22(35-36(32,33)34,12-31-14-29-13-30-31)23(26,27)21-9-20(10-21,11-21)16-3-1-15(8-28)2-4-16/h1-7,13-14H,9-12H2,(H2,32,33,34)/t20?,21?,22-/m0/s1. The summed E-state index contributed by atoms with van der Waals surface area (Å²) in [7, 11) is -5.65. The van der Waals surface area contributed by atoms with Gasteiger partial charge in [-0.2, -0.15) is 10.4 Å². The zero-order valence-electron chi connectivity index (χ0n) is 18.5. The number of alkyl halides is 2. The summed E-state index contributed by atoms with van der Waals surface area (Å²) in [5.41, 5.74) is -5.37. The van der Waals surface area contributed by atoms with Crippen LogP contribution in [0.25, 0.3) is 0 Å². The molecule has 1 heterocycles. The summed E-state index contributed by atoms with van der Waals surface area (Å²) >= 11 is 0. The highest BCUT2D eigenvalue weighted by atomic mass is 31.2. The number of benzene rings is 2. The van der Waals surface area contributed by atoms with Crippen molar-refractivity contribution in [3.63, 3.8) is 0 Å². The van der Waals surface area contributed by atoms with Gasteiger partial charge in [-0.3, -0.25) is 4.52 Å². The van der Waals surface area contributed by atoms with Gasteiger partial charge in [-0.1, -0.05) is 12.1 Å². The average Bonchev–Trinajstić information content (AvgIpc) is 3.23. The summed E-state index contributed by atoms with van der Waals surface area (Å²) in [6.07, 6.45) is 1.85. The van der Waals surface area contributed by atoms with E-state index in [1.54, 1.807) is 24.3 Å². The molecule has 0 aliphatic heterocycles. The van der Waals surface area contributed by atoms with Gasteiger partial charge in [0.1, 0.15) is 24.3 Å². The van der Waals surface area contributed by atoms with Crippen LogP contribution in [-0.2, 0) is 26.6 Å². The summed E-state index contributed by atoms with van der Waals surface area (Å²) in [5.74, 6) is -6.55. The van der Waals surface area contributed by atoms with Crippen molar-refractivity contribution in [3.8, 4) is 6.07 Å². The van der Waals surface area contributed by atoms with Crippen LogP contribution in [-0.4, -0.2) is 30.5 Å². The second-order valence-corrected chi connectivity index (χ2v) is 10.6. The molecule has 8 nitrogen and oxygen atoms in total. The molecule has 0 spiro atoms. The van der Waals surface area contributed by atoms with Gasteiger partial charge in [0.15, 0.2) is 5.60 Å². The Kier molecular flexibility index (Phi) is 5.43. The number of rotatable bonds is 8. The third kappa shape index (κ3) is 3.58. The zero-order chi connectivity index (χ0) is 26.0. The Bertz CT molecular complexity index is 1380. The minimum atomic E-state index is -5.65. The van der Waals surface area contributed by atoms with Gasteiger partial charge in [-0.05, 0) is 54.5 Å². The Morgan fingerprint density at radius 3 is 2.33 bits per heavy atom. The fraction of sp³-hybridized carbons (Fsp3) is 0.348. The molecule has 13 heteroatoms. The van der Waals surface area contributed by atoms with Gasteiger partial charge in [-0.15, -0.1) is 0 Å².